The summed E-state index contributed by atoms with van der Waals surface area (Å²) >= 11 is 0. The van der Waals surface area contributed by atoms with Crippen LogP contribution in [0.15, 0.2) is 30.3 Å². The first kappa shape index (κ1) is 16.8. The number of carboxylic acids is 1. The molecule has 5 heteroatoms. The summed E-state index contributed by atoms with van der Waals surface area (Å²) in [7, 11) is 1.57. The lowest BCUT2D eigenvalue weighted by Gasteiger charge is -2.19. The van der Waals surface area contributed by atoms with E-state index in [1.165, 1.54) is 6.08 Å². The maximum Gasteiger partial charge on any atom is 0.326 e. The smallest absolute Gasteiger partial charge is 0.326 e. The molecule has 0 aliphatic rings. The second-order valence-electron chi connectivity index (χ2n) is 4.82. The van der Waals surface area contributed by atoms with Gasteiger partial charge in [0.2, 0.25) is 5.91 Å². The minimum Gasteiger partial charge on any atom is -0.497 e. The molecule has 2 N–H and O–H groups in total. The van der Waals surface area contributed by atoms with Crippen LogP contribution in [0.4, 0.5) is 0 Å². The van der Waals surface area contributed by atoms with Crippen molar-refractivity contribution in [1.29, 1.82) is 0 Å². The summed E-state index contributed by atoms with van der Waals surface area (Å²) in [6.45, 7) is 3.68. The van der Waals surface area contributed by atoms with E-state index < -0.39 is 17.9 Å². The zero-order chi connectivity index (χ0) is 15.8. The fraction of sp³-hybridized carbons (Fsp3) is 0.375. The number of benzene rings is 1. The summed E-state index contributed by atoms with van der Waals surface area (Å²) in [6.07, 6.45) is 3.62. The van der Waals surface area contributed by atoms with Gasteiger partial charge in [0.1, 0.15) is 11.8 Å². The maximum atomic E-state index is 11.8. The van der Waals surface area contributed by atoms with E-state index in [9.17, 15) is 9.59 Å². The molecule has 1 rings (SSSR count). The largest absolute Gasteiger partial charge is 0.497 e. The Labute approximate surface area is 124 Å². The van der Waals surface area contributed by atoms with Crippen LogP contribution in [0.2, 0.25) is 0 Å². The van der Waals surface area contributed by atoms with E-state index in [0.29, 0.717) is 12.2 Å². The fourth-order valence-electron chi connectivity index (χ4n) is 1.80. The molecule has 0 bridgehead atoms. The number of carbonyl (C=O) groups excluding carboxylic acids is 1. The lowest BCUT2D eigenvalue weighted by Crippen LogP contribution is -2.44. The number of amides is 1. The van der Waals surface area contributed by atoms with Crippen LogP contribution < -0.4 is 10.1 Å². The quantitative estimate of drug-likeness (QED) is 0.756. The lowest BCUT2D eigenvalue weighted by molar-refractivity contribution is -0.142. The Balaban J connectivity index is 2.71. The predicted octanol–water partition coefficient (Wildman–Crippen LogP) is 2.32. The molecule has 5 nitrogen and oxygen atoms in total. The van der Waals surface area contributed by atoms with Gasteiger partial charge in [-0.25, -0.2) is 4.79 Å². The molecule has 0 heterocycles. The molecule has 0 saturated carbocycles. The van der Waals surface area contributed by atoms with E-state index in [-0.39, 0.29) is 5.92 Å². The SMILES string of the molecule is CCC(C)C(NC(=O)/C=C/c1cccc(OC)c1)C(=O)O. The van der Waals surface area contributed by atoms with Crippen LogP contribution in [0.5, 0.6) is 5.75 Å². The zero-order valence-electron chi connectivity index (χ0n) is 12.5. The van der Waals surface area contributed by atoms with Crippen molar-refractivity contribution in [3.05, 3.63) is 35.9 Å². The van der Waals surface area contributed by atoms with Crippen LogP contribution in [0, 0.1) is 5.92 Å². The molecule has 0 aliphatic heterocycles. The number of methoxy groups -OCH3 is 1. The topological polar surface area (TPSA) is 75.6 Å². The highest BCUT2D eigenvalue weighted by Crippen LogP contribution is 2.13. The molecule has 0 aromatic heterocycles. The van der Waals surface area contributed by atoms with Gasteiger partial charge in [-0.15, -0.1) is 0 Å². The second-order valence-corrected chi connectivity index (χ2v) is 4.82. The number of rotatable bonds is 7. The molecule has 1 aromatic rings. The molecular weight excluding hydrogens is 270 g/mol. The molecule has 0 fully saturated rings. The first-order chi connectivity index (χ1) is 9.97. The maximum absolute atomic E-state index is 11.8. The van der Waals surface area contributed by atoms with E-state index in [1.54, 1.807) is 32.2 Å². The van der Waals surface area contributed by atoms with Crippen molar-refractivity contribution >= 4 is 18.0 Å². The Hall–Kier alpha value is -2.30. The predicted molar refractivity (Wildman–Crippen MR) is 81.0 cm³/mol. The van der Waals surface area contributed by atoms with Crippen molar-refractivity contribution in [2.75, 3.05) is 7.11 Å². The molecule has 21 heavy (non-hydrogen) atoms. The third-order valence-electron chi connectivity index (χ3n) is 3.30. The molecule has 2 atom stereocenters. The van der Waals surface area contributed by atoms with Gasteiger partial charge in [-0.2, -0.15) is 0 Å². The van der Waals surface area contributed by atoms with Crippen molar-refractivity contribution in [3.8, 4) is 5.75 Å². The molecule has 2 unspecified atom stereocenters. The van der Waals surface area contributed by atoms with Gasteiger partial charge < -0.3 is 15.2 Å². The summed E-state index contributed by atoms with van der Waals surface area (Å²) in [5, 5.41) is 11.6. The summed E-state index contributed by atoms with van der Waals surface area (Å²) in [5.74, 6) is -0.879. The first-order valence-electron chi connectivity index (χ1n) is 6.83. The minimum atomic E-state index is -1.02. The summed E-state index contributed by atoms with van der Waals surface area (Å²) in [6, 6.07) is 6.36. The molecule has 0 spiro atoms. The van der Waals surface area contributed by atoms with Crippen LogP contribution in [-0.4, -0.2) is 30.1 Å². The van der Waals surface area contributed by atoms with Crippen LogP contribution in [0.25, 0.3) is 6.08 Å². The van der Waals surface area contributed by atoms with Crippen molar-refractivity contribution in [3.63, 3.8) is 0 Å². The van der Waals surface area contributed by atoms with E-state index in [1.807, 2.05) is 19.1 Å². The minimum absolute atomic E-state index is 0.128. The highest BCUT2D eigenvalue weighted by molar-refractivity contribution is 5.94. The number of carbonyl (C=O) groups is 2. The second kappa shape index (κ2) is 8.09. The molecule has 1 amide bonds. The third kappa shape index (κ3) is 5.30. The molecule has 0 aliphatic carbocycles. The Morgan fingerprint density at radius 2 is 2.14 bits per heavy atom. The van der Waals surface area contributed by atoms with Crippen molar-refractivity contribution in [2.45, 2.75) is 26.3 Å². The Kier molecular flexibility index (Phi) is 6.46. The lowest BCUT2D eigenvalue weighted by atomic mass is 9.99. The van der Waals surface area contributed by atoms with Crippen LogP contribution >= 0.6 is 0 Å². The summed E-state index contributed by atoms with van der Waals surface area (Å²) < 4.78 is 5.09. The van der Waals surface area contributed by atoms with E-state index in [2.05, 4.69) is 5.32 Å². The van der Waals surface area contributed by atoms with E-state index in [0.717, 1.165) is 5.56 Å². The van der Waals surface area contributed by atoms with E-state index >= 15 is 0 Å². The highest BCUT2D eigenvalue weighted by Gasteiger charge is 2.24. The van der Waals surface area contributed by atoms with Gasteiger partial charge in [-0.1, -0.05) is 32.4 Å². The molecular formula is C16H21NO4. The number of nitrogens with one attached hydrogen (secondary N) is 1. The zero-order valence-corrected chi connectivity index (χ0v) is 12.5. The average Bonchev–Trinajstić information content (AvgIpc) is 2.49. The van der Waals surface area contributed by atoms with Gasteiger partial charge in [0.15, 0.2) is 0 Å². The summed E-state index contributed by atoms with van der Waals surface area (Å²) in [5.41, 5.74) is 0.805. The standard InChI is InChI=1S/C16H21NO4/c1-4-11(2)15(16(19)20)17-14(18)9-8-12-6-5-7-13(10-12)21-3/h5-11,15H,4H2,1-3H3,(H,17,18)(H,19,20)/b9-8+. The van der Waals surface area contributed by atoms with Crippen LogP contribution in [0.1, 0.15) is 25.8 Å². The van der Waals surface area contributed by atoms with Gasteiger partial charge in [0.05, 0.1) is 7.11 Å². The van der Waals surface area contributed by atoms with Gasteiger partial charge >= 0.3 is 5.97 Å². The van der Waals surface area contributed by atoms with Crippen molar-refractivity contribution < 1.29 is 19.4 Å². The van der Waals surface area contributed by atoms with Gasteiger partial charge in [-0.05, 0) is 29.7 Å². The summed E-state index contributed by atoms with van der Waals surface area (Å²) in [4.78, 5) is 23.0. The van der Waals surface area contributed by atoms with Crippen LogP contribution in [0.3, 0.4) is 0 Å². The normalized spacial score (nSPS) is 13.7. The molecule has 0 radical (unpaired) electrons. The monoisotopic (exact) mass is 291 g/mol. The Morgan fingerprint density at radius 3 is 2.71 bits per heavy atom. The third-order valence-corrected chi connectivity index (χ3v) is 3.30. The number of hydrogen-bond donors (Lipinski definition) is 2. The highest BCUT2D eigenvalue weighted by atomic mass is 16.5. The van der Waals surface area contributed by atoms with Gasteiger partial charge in [-0.3, -0.25) is 4.79 Å². The fourth-order valence-corrected chi connectivity index (χ4v) is 1.80. The number of aliphatic carboxylic acids is 1. The van der Waals surface area contributed by atoms with E-state index in [4.69, 9.17) is 9.84 Å². The Bertz CT molecular complexity index is 525. The number of hydrogen-bond acceptors (Lipinski definition) is 3. The number of carboxylic acid groups (broad SMARTS) is 1. The van der Waals surface area contributed by atoms with Crippen molar-refractivity contribution in [1.82, 2.24) is 5.32 Å². The van der Waals surface area contributed by atoms with Crippen LogP contribution in [-0.2, 0) is 9.59 Å². The molecule has 0 saturated heterocycles. The van der Waals surface area contributed by atoms with Gasteiger partial charge in [0.25, 0.3) is 0 Å². The Morgan fingerprint density at radius 1 is 1.43 bits per heavy atom. The average molecular weight is 291 g/mol. The number of ether oxygens (including phenoxy) is 1. The van der Waals surface area contributed by atoms with Crippen molar-refractivity contribution in [2.24, 2.45) is 5.92 Å². The first-order valence-corrected chi connectivity index (χ1v) is 6.83. The van der Waals surface area contributed by atoms with Gasteiger partial charge in [0, 0.05) is 6.08 Å². The molecule has 114 valence electrons. The molecule has 1 aromatic carbocycles.